The predicted molar refractivity (Wildman–Crippen MR) is 116 cm³/mol. The van der Waals surface area contributed by atoms with Gasteiger partial charge in [-0.1, -0.05) is 30.3 Å². The number of nitrogens with one attached hydrogen (secondary N) is 2. The van der Waals surface area contributed by atoms with E-state index in [0.29, 0.717) is 37.8 Å². The highest BCUT2D eigenvalue weighted by Crippen LogP contribution is 2.40. The third-order valence-corrected chi connectivity index (χ3v) is 6.84. The van der Waals surface area contributed by atoms with E-state index in [1.807, 2.05) is 30.3 Å². The molecule has 2 fully saturated rings. The van der Waals surface area contributed by atoms with E-state index in [0.717, 1.165) is 5.56 Å². The van der Waals surface area contributed by atoms with Crippen molar-refractivity contribution < 1.29 is 35.9 Å². The minimum atomic E-state index is -4.92. The topological polar surface area (TPSA) is 50.4 Å². The molecule has 0 saturated carbocycles. The van der Waals surface area contributed by atoms with Gasteiger partial charge in [0.15, 0.2) is 0 Å². The average Bonchev–Trinajstić information content (AvgIpc) is 2.81. The summed E-state index contributed by atoms with van der Waals surface area (Å²) in [6.07, 6.45) is -8.63. The second kappa shape index (κ2) is 9.46. The fraction of sp³-hybridized carbons (Fsp3) is 0.480. The van der Waals surface area contributed by atoms with Crippen molar-refractivity contribution in [2.75, 3.05) is 6.61 Å². The number of carbonyl (C=O) groups is 1. The van der Waals surface area contributed by atoms with Gasteiger partial charge in [0.1, 0.15) is 0 Å². The molecule has 2 saturated heterocycles. The van der Waals surface area contributed by atoms with Crippen LogP contribution in [0.4, 0.5) is 26.3 Å². The number of halogens is 6. The molecule has 2 heterocycles. The minimum Gasteiger partial charge on any atom is -0.372 e. The summed E-state index contributed by atoms with van der Waals surface area (Å²) in [6.45, 7) is 1.48. The van der Waals surface area contributed by atoms with Gasteiger partial charge in [0, 0.05) is 18.5 Å². The molecular weight excluding hydrogens is 474 g/mol. The van der Waals surface area contributed by atoms with E-state index < -0.39 is 35.1 Å². The van der Waals surface area contributed by atoms with E-state index >= 15 is 0 Å². The van der Waals surface area contributed by atoms with Crippen LogP contribution in [0.3, 0.4) is 0 Å². The Labute approximate surface area is 199 Å². The maximum absolute atomic E-state index is 13.3. The summed E-state index contributed by atoms with van der Waals surface area (Å²) < 4.78 is 85.8. The second-order valence-corrected chi connectivity index (χ2v) is 9.24. The Balaban J connectivity index is 1.60. The molecule has 2 aromatic rings. The number of hydrogen-bond donors (Lipinski definition) is 2. The fourth-order valence-electron chi connectivity index (χ4n) is 4.90. The van der Waals surface area contributed by atoms with Gasteiger partial charge in [0.05, 0.1) is 29.4 Å². The van der Waals surface area contributed by atoms with Crippen LogP contribution in [0, 0.1) is 0 Å². The summed E-state index contributed by atoms with van der Waals surface area (Å²) in [4.78, 5) is 11.8. The predicted octanol–water partition coefficient (Wildman–Crippen LogP) is 5.73. The zero-order chi connectivity index (χ0) is 25.4. The van der Waals surface area contributed by atoms with E-state index in [1.165, 1.54) is 6.92 Å². The van der Waals surface area contributed by atoms with Gasteiger partial charge in [0.2, 0.25) is 5.91 Å². The van der Waals surface area contributed by atoms with Crippen LogP contribution in [-0.4, -0.2) is 24.6 Å². The van der Waals surface area contributed by atoms with Gasteiger partial charge in [-0.25, -0.2) is 0 Å². The Kier molecular flexibility index (Phi) is 6.89. The highest BCUT2D eigenvalue weighted by Gasteiger charge is 2.44. The first kappa shape index (κ1) is 25.5. The van der Waals surface area contributed by atoms with Crippen molar-refractivity contribution in [3.63, 3.8) is 0 Å². The molecule has 2 aliphatic rings. The summed E-state index contributed by atoms with van der Waals surface area (Å²) in [5.41, 5.74) is -2.73. The Morgan fingerprint density at radius 1 is 0.971 bits per heavy atom. The SMILES string of the molecule is CC(OCC1(c2ccccc2)CCC2NC(=O)CCC2N1)c1cc(C(F)(F)F)cc(C(F)(F)F)c1. The fourth-order valence-corrected chi connectivity index (χ4v) is 4.90. The second-order valence-electron chi connectivity index (χ2n) is 9.24. The number of ether oxygens (including phenoxy) is 1. The number of benzene rings is 2. The van der Waals surface area contributed by atoms with Crippen molar-refractivity contribution in [1.29, 1.82) is 0 Å². The standard InChI is InChI=1S/C25H26F6N2O2/c1-15(16-11-18(24(26,27)28)13-19(12-16)25(29,30)31)35-14-23(17-5-3-2-4-6-17)10-9-20-21(33-23)7-8-22(34)32-20/h2-6,11-13,15,20-21,33H,7-10,14H2,1H3,(H,32,34). The van der Waals surface area contributed by atoms with Crippen LogP contribution in [-0.2, 0) is 27.4 Å². The van der Waals surface area contributed by atoms with Crippen LogP contribution in [0.2, 0.25) is 0 Å². The molecule has 1 amide bonds. The molecule has 0 aliphatic carbocycles. The third-order valence-electron chi connectivity index (χ3n) is 6.84. The molecule has 35 heavy (non-hydrogen) atoms. The molecular formula is C25H26F6N2O2. The van der Waals surface area contributed by atoms with Crippen molar-refractivity contribution in [2.45, 2.75) is 68.7 Å². The van der Waals surface area contributed by atoms with Gasteiger partial charge in [-0.15, -0.1) is 0 Å². The average molecular weight is 500 g/mol. The van der Waals surface area contributed by atoms with Gasteiger partial charge in [0.25, 0.3) is 0 Å². The Morgan fingerprint density at radius 3 is 2.20 bits per heavy atom. The molecule has 4 rings (SSSR count). The van der Waals surface area contributed by atoms with E-state index in [-0.39, 0.29) is 36.2 Å². The number of fused-ring (bicyclic) bond motifs is 1. The molecule has 0 bridgehead atoms. The van der Waals surface area contributed by atoms with Crippen molar-refractivity contribution in [3.8, 4) is 0 Å². The molecule has 4 atom stereocenters. The number of piperidine rings is 2. The first-order valence-corrected chi connectivity index (χ1v) is 11.4. The Hall–Kier alpha value is -2.59. The van der Waals surface area contributed by atoms with Crippen LogP contribution in [0.1, 0.15) is 61.0 Å². The van der Waals surface area contributed by atoms with Gasteiger partial charge in [-0.3, -0.25) is 4.79 Å². The molecule has 0 aromatic heterocycles. The smallest absolute Gasteiger partial charge is 0.372 e. The number of amides is 1. The van der Waals surface area contributed by atoms with Crippen molar-refractivity contribution >= 4 is 5.91 Å². The Bertz CT molecular complexity index is 1020. The third kappa shape index (κ3) is 5.64. The Morgan fingerprint density at radius 2 is 1.60 bits per heavy atom. The van der Waals surface area contributed by atoms with E-state index in [1.54, 1.807) is 0 Å². The molecule has 2 aliphatic heterocycles. The van der Waals surface area contributed by atoms with Gasteiger partial charge >= 0.3 is 12.4 Å². The quantitative estimate of drug-likeness (QED) is 0.516. The highest BCUT2D eigenvalue weighted by molar-refractivity contribution is 5.77. The summed E-state index contributed by atoms with van der Waals surface area (Å²) in [7, 11) is 0. The lowest BCUT2D eigenvalue weighted by Gasteiger charge is -2.48. The lowest BCUT2D eigenvalue weighted by atomic mass is 9.77. The molecule has 4 unspecified atom stereocenters. The van der Waals surface area contributed by atoms with Crippen molar-refractivity contribution in [3.05, 3.63) is 70.8 Å². The minimum absolute atomic E-state index is 0.00449. The zero-order valence-electron chi connectivity index (χ0n) is 19.0. The number of carbonyl (C=O) groups excluding carboxylic acids is 1. The number of rotatable bonds is 5. The molecule has 0 radical (unpaired) electrons. The highest BCUT2D eigenvalue weighted by atomic mass is 19.4. The number of alkyl halides is 6. The normalized spacial score (nSPS) is 26.1. The van der Waals surface area contributed by atoms with Crippen LogP contribution >= 0.6 is 0 Å². The van der Waals surface area contributed by atoms with E-state index in [4.69, 9.17) is 4.74 Å². The lowest BCUT2D eigenvalue weighted by Crippen LogP contribution is -2.64. The molecule has 0 spiro atoms. The molecule has 2 aromatic carbocycles. The first-order chi connectivity index (χ1) is 16.4. The van der Waals surface area contributed by atoms with Crippen LogP contribution < -0.4 is 10.6 Å². The van der Waals surface area contributed by atoms with Gasteiger partial charge in [-0.05, 0) is 55.5 Å². The van der Waals surface area contributed by atoms with Crippen LogP contribution in [0.15, 0.2) is 48.5 Å². The first-order valence-electron chi connectivity index (χ1n) is 11.4. The van der Waals surface area contributed by atoms with Crippen molar-refractivity contribution in [1.82, 2.24) is 10.6 Å². The van der Waals surface area contributed by atoms with Crippen molar-refractivity contribution in [2.24, 2.45) is 0 Å². The summed E-state index contributed by atoms with van der Waals surface area (Å²) in [5.74, 6) is -0.00449. The number of hydrogen-bond acceptors (Lipinski definition) is 3. The summed E-state index contributed by atoms with van der Waals surface area (Å²) >= 11 is 0. The summed E-state index contributed by atoms with van der Waals surface area (Å²) in [6, 6.07) is 10.9. The van der Waals surface area contributed by atoms with E-state index in [2.05, 4.69) is 10.6 Å². The van der Waals surface area contributed by atoms with Crippen LogP contribution in [0.25, 0.3) is 0 Å². The van der Waals surface area contributed by atoms with Crippen LogP contribution in [0.5, 0.6) is 0 Å². The molecule has 10 heteroatoms. The van der Waals surface area contributed by atoms with Gasteiger partial charge in [-0.2, -0.15) is 26.3 Å². The lowest BCUT2D eigenvalue weighted by molar-refractivity contribution is -0.143. The molecule has 2 N–H and O–H groups in total. The summed E-state index contributed by atoms with van der Waals surface area (Å²) in [5, 5.41) is 6.57. The monoisotopic (exact) mass is 500 g/mol. The maximum atomic E-state index is 13.3. The van der Waals surface area contributed by atoms with E-state index in [9.17, 15) is 31.1 Å². The molecule has 190 valence electrons. The largest absolute Gasteiger partial charge is 0.416 e. The zero-order valence-corrected chi connectivity index (χ0v) is 19.0. The molecule has 4 nitrogen and oxygen atoms in total. The van der Waals surface area contributed by atoms with Gasteiger partial charge < -0.3 is 15.4 Å². The maximum Gasteiger partial charge on any atom is 0.416 e.